The number of esters is 2. The molecule has 1 atom stereocenters. The molecule has 0 aliphatic rings. The number of amides is 1. The highest BCUT2D eigenvalue weighted by molar-refractivity contribution is 5.85. The van der Waals surface area contributed by atoms with Crippen LogP contribution in [0.3, 0.4) is 0 Å². The lowest BCUT2D eigenvalue weighted by Gasteiger charge is -2.18. The van der Waals surface area contributed by atoms with E-state index in [1.54, 1.807) is 0 Å². The fraction of sp³-hybridized carbons (Fsp3) is 0.286. The molecule has 2 aromatic carbocycles. The quantitative estimate of drug-likeness (QED) is 0.362. The summed E-state index contributed by atoms with van der Waals surface area (Å²) in [7, 11) is 0. The van der Waals surface area contributed by atoms with Crippen LogP contribution < -0.4 is 16.6 Å². The normalized spacial score (nSPS) is 11.0. The predicted molar refractivity (Wildman–Crippen MR) is 113 cm³/mol. The zero-order chi connectivity index (χ0) is 20.9. The van der Waals surface area contributed by atoms with Crippen molar-refractivity contribution in [2.24, 2.45) is 5.73 Å². The second-order valence-electron chi connectivity index (χ2n) is 6.23. The number of nitrogens with one attached hydrogen (secondary N) is 2. The average Bonchev–Trinajstić information content (AvgIpc) is 2.75. The van der Waals surface area contributed by atoms with Crippen molar-refractivity contribution in [1.82, 2.24) is 10.9 Å². The zero-order valence-electron chi connectivity index (χ0n) is 16.4. The minimum atomic E-state index is -1.09. The standard InChI is InChI=1S/C21H25N3O5.ClH/c22-12-11-19(25)24-23-18(21(27)29-15-17-9-5-2-6-10-17)13-20(26)28-14-16-7-3-1-4-8-16;/h1-10,18,23H,11-15,22H2,(H,24,25);1H/t18-;/m0./s1. The van der Waals surface area contributed by atoms with Crippen LogP contribution in [-0.2, 0) is 37.1 Å². The smallest absolute Gasteiger partial charge is 0.325 e. The van der Waals surface area contributed by atoms with Crippen molar-refractivity contribution >= 4 is 30.3 Å². The Balaban J connectivity index is 0.00000450. The third kappa shape index (κ3) is 9.51. The average molecular weight is 436 g/mol. The fourth-order valence-electron chi connectivity index (χ4n) is 2.35. The van der Waals surface area contributed by atoms with Gasteiger partial charge >= 0.3 is 11.9 Å². The summed E-state index contributed by atoms with van der Waals surface area (Å²) in [5, 5.41) is 0. The molecule has 2 aromatic rings. The summed E-state index contributed by atoms with van der Waals surface area (Å²) in [6.45, 7) is 0.300. The Labute approximate surface area is 181 Å². The van der Waals surface area contributed by atoms with E-state index in [1.165, 1.54) is 0 Å². The van der Waals surface area contributed by atoms with Gasteiger partial charge in [0, 0.05) is 13.0 Å². The van der Waals surface area contributed by atoms with E-state index in [2.05, 4.69) is 10.9 Å². The van der Waals surface area contributed by atoms with Crippen molar-refractivity contribution in [3.05, 3.63) is 71.8 Å². The van der Waals surface area contributed by atoms with E-state index in [9.17, 15) is 14.4 Å². The van der Waals surface area contributed by atoms with E-state index in [4.69, 9.17) is 15.2 Å². The summed E-state index contributed by atoms with van der Waals surface area (Å²) in [4.78, 5) is 36.2. The van der Waals surface area contributed by atoms with Gasteiger partial charge in [-0.2, -0.15) is 0 Å². The number of hydrazine groups is 1. The molecular formula is C21H26ClN3O5. The lowest BCUT2D eigenvalue weighted by Crippen LogP contribution is -2.50. The number of hydrogen-bond donors (Lipinski definition) is 3. The molecule has 0 aromatic heterocycles. The van der Waals surface area contributed by atoms with Crippen molar-refractivity contribution in [3.63, 3.8) is 0 Å². The Kier molecular flexibility index (Phi) is 11.8. The maximum Gasteiger partial charge on any atom is 0.325 e. The molecule has 0 unspecified atom stereocenters. The number of rotatable bonds is 11. The molecule has 8 nitrogen and oxygen atoms in total. The largest absolute Gasteiger partial charge is 0.461 e. The third-order valence-corrected chi connectivity index (χ3v) is 3.88. The Hall–Kier alpha value is -2.94. The highest BCUT2D eigenvalue weighted by Gasteiger charge is 2.25. The van der Waals surface area contributed by atoms with Gasteiger partial charge in [-0.15, -0.1) is 12.4 Å². The molecule has 2 rings (SSSR count). The fourth-order valence-corrected chi connectivity index (χ4v) is 2.35. The molecule has 0 bridgehead atoms. The van der Waals surface area contributed by atoms with Gasteiger partial charge in [0.2, 0.25) is 5.91 Å². The second-order valence-corrected chi connectivity index (χ2v) is 6.23. The summed E-state index contributed by atoms with van der Waals surface area (Å²) in [6.07, 6.45) is -0.222. The highest BCUT2D eigenvalue weighted by Crippen LogP contribution is 2.06. The Morgan fingerprint density at radius 2 is 1.40 bits per heavy atom. The summed E-state index contributed by atoms with van der Waals surface area (Å²) in [5.74, 6) is -1.68. The maximum absolute atomic E-state index is 12.4. The van der Waals surface area contributed by atoms with Gasteiger partial charge in [-0.25, -0.2) is 5.43 Å². The topological polar surface area (TPSA) is 120 Å². The Bertz CT molecular complexity index is 790. The maximum atomic E-state index is 12.4. The third-order valence-electron chi connectivity index (χ3n) is 3.88. The van der Waals surface area contributed by atoms with Gasteiger partial charge in [0.1, 0.15) is 19.3 Å². The molecule has 0 fully saturated rings. The van der Waals surface area contributed by atoms with Crippen molar-refractivity contribution in [1.29, 1.82) is 0 Å². The van der Waals surface area contributed by atoms with E-state index >= 15 is 0 Å². The van der Waals surface area contributed by atoms with E-state index in [0.717, 1.165) is 11.1 Å². The lowest BCUT2D eigenvalue weighted by molar-refractivity contribution is -0.154. The van der Waals surface area contributed by atoms with Crippen LogP contribution in [0.25, 0.3) is 0 Å². The first-order valence-corrected chi connectivity index (χ1v) is 9.23. The van der Waals surface area contributed by atoms with Gasteiger partial charge < -0.3 is 15.2 Å². The van der Waals surface area contributed by atoms with Crippen LogP contribution in [-0.4, -0.2) is 30.4 Å². The van der Waals surface area contributed by atoms with E-state index < -0.39 is 23.9 Å². The molecule has 1 amide bonds. The molecule has 0 aliphatic heterocycles. The summed E-state index contributed by atoms with van der Waals surface area (Å²) in [6, 6.07) is 17.2. The van der Waals surface area contributed by atoms with Crippen LogP contribution in [0.2, 0.25) is 0 Å². The first-order chi connectivity index (χ1) is 14.1. The van der Waals surface area contributed by atoms with Gasteiger partial charge in [0.15, 0.2) is 0 Å². The van der Waals surface area contributed by atoms with Crippen molar-refractivity contribution in [3.8, 4) is 0 Å². The van der Waals surface area contributed by atoms with E-state index in [1.807, 2.05) is 60.7 Å². The van der Waals surface area contributed by atoms with Crippen LogP contribution in [0.4, 0.5) is 0 Å². The number of halogens is 1. The number of carbonyl (C=O) groups is 3. The zero-order valence-corrected chi connectivity index (χ0v) is 17.2. The van der Waals surface area contributed by atoms with Gasteiger partial charge in [-0.3, -0.25) is 19.8 Å². The molecule has 4 N–H and O–H groups in total. The Morgan fingerprint density at radius 1 is 0.867 bits per heavy atom. The molecular weight excluding hydrogens is 410 g/mol. The lowest BCUT2D eigenvalue weighted by atomic mass is 10.2. The number of ether oxygens (including phenoxy) is 2. The van der Waals surface area contributed by atoms with Gasteiger partial charge in [0.05, 0.1) is 6.42 Å². The molecule has 9 heteroatoms. The van der Waals surface area contributed by atoms with Crippen LogP contribution in [0.15, 0.2) is 60.7 Å². The summed E-state index contributed by atoms with van der Waals surface area (Å²) >= 11 is 0. The molecule has 0 heterocycles. The first kappa shape index (κ1) is 25.1. The minimum Gasteiger partial charge on any atom is -0.461 e. The van der Waals surface area contributed by atoms with E-state index in [-0.39, 0.29) is 45.0 Å². The molecule has 0 saturated heterocycles. The Morgan fingerprint density at radius 3 is 1.93 bits per heavy atom. The van der Waals surface area contributed by atoms with Gasteiger partial charge in [0.25, 0.3) is 0 Å². The highest BCUT2D eigenvalue weighted by atomic mass is 35.5. The summed E-state index contributed by atoms with van der Waals surface area (Å²) in [5.41, 5.74) is 11.9. The van der Waals surface area contributed by atoms with Crippen molar-refractivity contribution < 1.29 is 23.9 Å². The minimum absolute atomic E-state index is 0. The number of hydrogen-bond acceptors (Lipinski definition) is 7. The molecule has 162 valence electrons. The predicted octanol–water partition coefficient (Wildman–Crippen LogP) is 1.62. The number of nitrogens with two attached hydrogens (primary N) is 1. The molecule has 0 radical (unpaired) electrons. The van der Waals surface area contributed by atoms with Crippen LogP contribution in [0.1, 0.15) is 24.0 Å². The molecule has 0 spiro atoms. The SMILES string of the molecule is Cl.NCCC(=O)NN[C@@H](CC(=O)OCc1ccccc1)C(=O)OCc1ccccc1. The van der Waals surface area contributed by atoms with E-state index in [0.29, 0.717) is 0 Å². The van der Waals surface area contributed by atoms with Crippen LogP contribution >= 0.6 is 12.4 Å². The monoisotopic (exact) mass is 435 g/mol. The van der Waals surface area contributed by atoms with Crippen LogP contribution in [0.5, 0.6) is 0 Å². The van der Waals surface area contributed by atoms with Crippen LogP contribution in [0, 0.1) is 0 Å². The molecule has 0 saturated carbocycles. The first-order valence-electron chi connectivity index (χ1n) is 9.23. The molecule has 0 aliphatic carbocycles. The second kappa shape index (κ2) is 14.1. The number of carbonyl (C=O) groups excluding carboxylic acids is 3. The van der Waals surface area contributed by atoms with Crippen molar-refractivity contribution in [2.75, 3.05) is 6.54 Å². The molecule has 30 heavy (non-hydrogen) atoms. The van der Waals surface area contributed by atoms with Crippen molar-refractivity contribution in [2.45, 2.75) is 32.1 Å². The number of benzene rings is 2. The summed E-state index contributed by atoms with van der Waals surface area (Å²) < 4.78 is 10.5. The van der Waals surface area contributed by atoms with Gasteiger partial charge in [-0.05, 0) is 11.1 Å². The van der Waals surface area contributed by atoms with Gasteiger partial charge in [-0.1, -0.05) is 60.7 Å².